The van der Waals surface area contributed by atoms with Crippen LogP contribution >= 0.6 is 11.6 Å². The molecule has 0 radical (unpaired) electrons. The van der Waals surface area contributed by atoms with Gasteiger partial charge < -0.3 is 10.1 Å². The van der Waals surface area contributed by atoms with Crippen molar-refractivity contribution >= 4 is 17.3 Å². The van der Waals surface area contributed by atoms with E-state index in [9.17, 15) is 0 Å². The highest BCUT2D eigenvalue weighted by Crippen LogP contribution is 2.20. The lowest BCUT2D eigenvalue weighted by atomic mass is 10.2. The van der Waals surface area contributed by atoms with E-state index in [4.69, 9.17) is 16.3 Å². The molecule has 1 N–H and O–H groups in total. The number of aromatic nitrogens is 3. The highest BCUT2D eigenvalue weighted by atomic mass is 35.5. The molecule has 0 bridgehead atoms. The molecule has 0 spiro atoms. The van der Waals surface area contributed by atoms with Crippen molar-refractivity contribution in [3.05, 3.63) is 65.2 Å². The topological polar surface area (TPSA) is 59.9 Å². The fourth-order valence-electron chi connectivity index (χ4n) is 2.48. The van der Waals surface area contributed by atoms with Crippen LogP contribution in [0.15, 0.2) is 48.8 Å². The molecule has 0 atom stereocenters. The molecule has 6 heteroatoms. The fraction of sp³-hybridized carbons (Fsp3) is 0.250. The second kappa shape index (κ2) is 8.15. The van der Waals surface area contributed by atoms with Crippen LogP contribution < -0.4 is 10.1 Å². The number of hydrogen-bond donors (Lipinski definition) is 1. The number of pyridine rings is 1. The smallest absolute Gasteiger partial charge is 0.159 e. The lowest BCUT2D eigenvalue weighted by Crippen LogP contribution is -2.05. The van der Waals surface area contributed by atoms with Gasteiger partial charge in [-0.3, -0.25) is 0 Å². The molecule has 0 aliphatic carbocycles. The average Bonchev–Trinajstić information content (AvgIpc) is 2.60. The third kappa shape index (κ3) is 4.92. The molecule has 0 saturated heterocycles. The summed E-state index contributed by atoms with van der Waals surface area (Å²) in [6, 6.07) is 11.5. The summed E-state index contributed by atoms with van der Waals surface area (Å²) in [6.07, 6.45) is 3.80. The molecule has 134 valence electrons. The van der Waals surface area contributed by atoms with Crippen molar-refractivity contribution in [2.75, 3.05) is 5.32 Å². The van der Waals surface area contributed by atoms with Crippen molar-refractivity contribution < 1.29 is 4.74 Å². The van der Waals surface area contributed by atoms with Crippen molar-refractivity contribution in [1.82, 2.24) is 15.0 Å². The summed E-state index contributed by atoms with van der Waals surface area (Å²) in [5.74, 6) is 1.53. The summed E-state index contributed by atoms with van der Waals surface area (Å²) in [5, 5.41) is 3.78. The maximum Gasteiger partial charge on any atom is 0.159 e. The van der Waals surface area contributed by atoms with Gasteiger partial charge in [-0.1, -0.05) is 11.6 Å². The highest BCUT2D eigenvalue weighted by Gasteiger charge is 2.04. The van der Waals surface area contributed by atoms with E-state index in [0.717, 1.165) is 28.3 Å². The van der Waals surface area contributed by atoms with E-state index in [2.05, 4.69) is 20.3 Å². The number of benzene rings is 1. The third-order valence-corrected chi connectivity index (χ3v) is 3.80. The highest BCUT2D eigenvalue weighted by molar-refractivity contribution is 6.29. The van der Waals surface area contributed by atoms with Crippen LogP contribution in [-0.4, -0.2) is 21.1 Å². The van der Waals surface area contributed by atoms with Gasteiger partial charge >= 0.3 is 0 Å². The molecular weight excluding hydrogens is 348 g/mol. The number of ether oxygens (including phenoxy) is 1. The van der Waals surface area contributed by atoms with E-state index in [1.807, 2.05) is 63.5 Å². The molecule has 3 aromatic rings. The van der Waals surface area contributed by atoms with E-state index < -0.39 is 0 Å². The SMILES string of the molecule is Cc1cc(NCc2cnc(-c3ccc(OC(C)C)cc3)nc2)cc(Cl)n1. The number of halogens is 1. The van der Waals surface area contributed by atoms with Crippen molar-refractivity contribution in [2.24, 2.45) is 0 Å². The minimum atomic E-state index is 0.156. The molecule has 2 heterocycles. The van der Waals surface area contributed by atoms with Gasteiger partial charge in [0, 0.05) is 41.4 Å². The average molecular weight is 369 g/mol. The van der Waals surface area contributed by atoms with Gasteiger partial charge in [0.25, 0.3) is 0 Å². The number of nitrogens with zero attached hydrogens (tertiary/aromatic N) is 3. The monoisotopic (exact) mass is 368 g/mol. The van der Waals surface area contributed by atoms with Crippen LogP contribution in [0.2, 0.25) is 5.15 Å². The zero-order valence-electron chi connectivity index (χ0n) is 15.0. The first-order valence-corrected chi connectivity index (χ1v) is 8.83. The summed E-state index contributed by atoms with van der Waals surface area (Å²) in [5.41, 5.74) is 3.74. The summed E-state index contributed by atoms with van der Waals surface area (Å²) in [6.45, 7) is 6.53. The molecular formula is C20H21ClN4O. The number of nitrogens with one attached hydrogen (secondary N) is 1. The van der Waals surface area contributed by atoms with Gasteiger partial charge in [0.2, 0.25) is 0 Å². The zero-order chi connectivity index (χ0) is 18.5. The molecule has 5 nitrogen and oxygen atoms in total. The number of aryl methyl sites for hydroxylation is 1. The molecule has 3 rings (SSSR count). The van der Waals surface area contributed by atoms with Gasteiger partial charge in [-0.25, -0.2) is 15.0 Å². The van der Waals surface area contributed by atoms with Crippen LogP contribution in [0, 0.1) is 6.92 Å². The summed E-state index contributed by atoms with van der Waals surface area (Å²) < 4.78 is 5.65. The molecule has 0 aliphatic rings. The minimum absolute atomic E-state index is 0.156. The van der Waals surface area contributed by atoms with Crippen LogP contribution in [0.5, 0.6) is 5.75 Å². The van der Waals surface area contributed by atoms with Gasteiger partial charge in [-0.2, -0.15) is 0 Å². The minimum Gasteiger partial charge on any atom is -0.491 e. The number of anilines is 1. The van der Waals surface area contributed by atoms with Crippen LogP contribution in [-0.2, 0) is 6.54 Å². The Labute approximate surface area is 158 Å². The Morgan fingerprint density at radius 1 is 1.08 bits per heavy atom. The molecule has 0 unspecified atom stereocenters. The van der Waals surface area contributed by atoms with E-state index in [-0.39, 0.29) is 6.10 Å². The van der Waals surface area contributed by atoms with Gasteiger partial charge in [-0.05, 0) is 57.2 Å². The molecule has 26 heavy (non-hydrogen) atoms. The first-order chi connectivity index (χ1) is 12.5. The van der Waals surface area contributed by atoms with Gasteiger partial charge in [0.1, 0.15) is 10.9 Å². The van der Waals surface area contributed by atoms with Gasteiger partial charge in [-0.15, -0.1) is 0 Å². The van der Waals surface area contributed by atoms with E-state index in [1.54, 1.807) is 6.07 Å². The molecule has 0 amide bonds. The summed E-state index contributed by atoms with van der Waals surface area (Å²) in [4.78, 5) is 13.1. The number of rotatable bonds is 6. The Kier molecular flexibility index (Phi) is 5.68. The Hall–Kier alpha value is -2.66. The summed E-state index contributed by atoms with van der Waals surface area (Å²) in [7, 11) is 0. The van der Waals surface area contributed by atoms with E-state index in [0.29, 0.717) is 17.5 Å². The van der Waals surface area contributed by atoms with E-state index >= 15 is 0 Å². The lowest BCUT2D eigenvalue weighted by Gasteiger charge is -2.10. The Morgan fingerprint density at radius 2 is 1.77 bits per heavy atom. The Bertz CT molecular complexity index is 844. The summed E-state index contributed by atoms with van der Waals surface area (Å²) >= 11 is 5.97. The largest absolute Gasteiger partial charge is 0.491 e. The van der Waals surface area contributed by atoms with Gasteiger partial charge in [0.05, 0.1) is 6.10 Å². The zero-order valence-corrected chi connectivity index (χ0v) is 15.8. The second-order valence-corrected chi connectivity index (χ2v) is 6.67. The first kappa shape index (κ1) is 18.1. The lowest BCUT2D eigenvalue weighted by molar-refractivity contribution is 0.242. The maximum absolute atomic E-state index is 5.97. The van der Waals surface area contributed by atoms with E-state index in [1.165, 1.54) is 0 Å². The Balaban J connectivity index is 1.64. The molecule has 0 saturated carbocycles. The van der Waals surface area contributed by atoms with Crippen LogP contribution in [0.3, 0.4) is 0 Å². The molecule has 0 aliphatic heterocycles. The quantitative estimate of drug-likeness (QED) is 0.627. The Morgan fingerprint density at radius 3 is 2.38 bits per heavy atom. The normalized spacial score (nSPS) is 10.8. The first-order valence-electron chi connectivity index (χ1n) is 8.45. The fourth-order valence-corrected chi connectivity index (χ4v) is 2.73. The van der Waals surface area contributed by atoms with Crippen LogP contribution in [0.1, 0.15) is 25.1 Å². The van der Waals surface area contributed by atoms with Crippen LogP contribution in [0.25, 0.3) is 11.4 Å². The van der Waals surface area contributed by atoms with Crippen LogP contribution in [0.4, 0.5) is 5.69 Å². The van der Waals surface area contributed by atoms with Crippen molar-refractivity contribution in [3.63, 3.8) is 0 Å². The standard InChI is InChI=1S/C20H21ClN4O/c1-13(2)26-18-6-4-16(5-7-18)20-23-11-15(12-24-20)10-22-17-8-14(3)25-19(21)9-17/h4-9,11-13H,10H2,1-3H3,(H,22,25). The molecule has 2 aromatic heterocycles. The van der Waals surface area contributed by atoms with Crippen molar-refractivity contribution in [1.29, 1.82) is 0 Å². The van der Waals surface area contributed by atoms with Crippen molar-refractivity contribution in [3.8, 4) is 17.1 Å². The predicted molar refractivity (Wildman–Crippen MR) is 105 cm³/mol. The third-order valence-electron chi connectivity index (χ3n) is 3.61. The molecule has 1 aromatic carbocycles. The maximum atomic E-state index is 5.97. The predicted octanol–water partition coefficient (Wildman–Crippen LogP) is 4.90. The van der Waals surface area contributed by atoms with Gasteiger partial charge in [0.15, 0.2) is 5.82 Å². The van der Waals surface area contributed by atoms with Crippen molar-refractivity contribution in [2.45, 2.75) is 33.4 Å². The second-order valence-electron chi connectivity index (χ2n) is 6.28. The number of hydrogen-bond acceptors (Lipinski definition) is 5. The molecule has 0 fully saturated rings.